The second kappa shape index (κ2) is 11.2. The predicted octanol–water partition coefficient (Wildman–Crippen LogP) is 7.32. The zero-order valence-electron chi connectivity index (χ0n) is 19.2. The first-order valence-corrected chi connectivity index (χ1v) is 11.5. The number of ether oxygens (including phenoxy) is 2. The molecule has 0 radical (unpaired) electrons. The van der Waals surface area contributed by atoms with Gasteiger partial charge in [0, 0.05) is 22.7 Å². The Bertz CT molecular complexity index is 1480. The van der Waals surface area contributed by atoms with Gasteiger partial charge in [0.1, 0.15) is 29.6 Å². The first-order valence-electron chi connectivity index (χ1n) is 10.7. The van der Waals surface area contributed by atoms with Crippen LogP contribution in [0.5, 0.6) is 17.2 Å². The Morgan fingerprint density at radius 2 is 1.73 bits per heavy atom. The van der Waals surface area contributed by atoms with Gasteiger partial charge < -0.3 is 19.2 Å². The summed E-state index contributed by atoms with van der Waals surface area (Å²) in [5.74, 6) is 0.504. The van der Waals surface area contributed by atoms with E-state index in [0.29, 0.717) is 22.1 Å². The van der Waals surface area contributed by atoms with E-state index in [1.807, 2.05) is 0 Å². The quantitative estimate of drug-likeness (QED) is 0.134. The molecule has 3 aromatic carbocycles. The number of anilines is 1. The maximum absolute atomic E-state index is 12.7. The average Bonchev–Trinajstić information content (AvgIpc) is 3.34. The fourth-order valence-corrected chi connectivity index (χ4v) is 3.66. The molecule has 9 nitrogen and oxygen atoms in total. The number of nitro groups is 1. The molecule has 0 saturated carbocycles. The number of benzene rings is 3. The van der Waals surface area contributed by atoms with Crippen LogP contribution in [0.15, 0.2) is 77.2 Å². The molecular weight excluding hydrogens is 523 g/mol. The zero-order valence-corrected chi connectivity index (χ0v) is 20.7. The summed E-state index contributed by atoms with van der Waals surface area (Å²) in [6.45, 7) is 1.52. The molecule has 0 atom stereocenters. The van der Waals surface area contributed by atoms with Crippen LogP contribution in [-0.2, 0) is 6.61 Å². The van der Waals surface area contributed by atoms with Crippen LogP contribution in [0.25, 0.3) is 0 Å². The first kappa shape index (κ1) is 25.7. The minimum absolute atomic E-state index is 0.0275. The molecule has 0 spiro atoms. The summed E-state index contributed by atoms with van der Waals surface area (Å²) < 4.78 is 16.8. The molecule has 0 saturated heterocycles. The summed E-state index contributed by atoms with van der Waals surface area (Å²) in [4.78, 5) is 34.9. The molecule has 4 rings (SSSR count). The average molecular weight is 541 g/mol. The molecule has 0 fully saturated rings. The monoisotopic (exact) mass is 540 g/mol. The van der Waals surface area contributed by atoms with Gasteiger partial charge in [0.25, 0.3) is 11.6 Å². The maximum Gasteiger partial charge on any atom is 0.291 e. The molecule has 1 N–H and O–H groups in total. The van der Waals surface area contributed by atoms with E-state index < -0.39 is 10.8 Å². The minimum atomic E-state index is -0.631. The van der Waals surface area contributed by atoms with Crippen LogP contribution in [-0.4, -0.2) is 16.6 Å². The second-order valence-electron chi connectivity index (χ2n) is 7.74. The maximum atomic E-state index is 12.7. The van der Waals surface area contributed by atoms with Crippen molar-refractivity contribution in [1.82, 2.24) is 0 Å². The van der Waals surface area contributed by atoms with Crippen molar-refractivity contribution in [3.8, 4) is 17.2 Å². The van der Waals surface area contributed by atoms with Crippen LogP contribution in [0.2, 0.25) is 10.0 Å². The van der Waals surface area contributed by atoms with Gasteiger partial charge in [-0.2, -0.15) is 0 Å². The SMILES string of the molecule is CC(=O)c1ccc(OCc2ccc(C(=O)Nc3cc(Oc4ccc(Cl)cc4Cl)cc([N+](=O)[O-])c3)o2)cc1. The highest BCUT2D eigenvalue weighted by Crippen LogP contribution is 2.34. The molecule has 0 bridgehead atoms. The van der Waals surface area contributed by atoms with Gasteiger partial charge in [-0.3, -0.25) is 19.7 Å². The Balaban J connectivity index is 1.45. The zero-order chi connectivity index (χ0) is 26.5. The molecule has 1 heterocycles. The third kappa shape index (κ3) is 6.66. The predicted molar refractivity (Wildman–Crippen MR) is 137 cm³/mol. The van der Waals surface area contributed by atoms with E-state index in [-0.39, 0.29) is 46.0 Å². The summed E-state index contributed by atoms with van der Waals surface area (Å²) in [6.07, 6.45) is 0. The molecule has 11 heteroatoms. The number of Topliss-reactive ketones (excluding diaryl/α,β-unsaturated/α-hetero) is 1. The molecule has 0 aliphatic carbocycles. The number of non-ortho nitro benzene ring substituents is 1. The number of halogens is 2. The van der Waals surface area contributed by atoms with Crippen molar-refractivity contribution in [3.63, 3.8) is 0 Å². The topological polar surface area (TPSA) is 121 Å². The Morgan fingerprint density at radius 3 is 2.41 bits per heavy atom. The van der Waals surface area contributed by atoms with Gasteiger partial charge in [-0.25, -0.2) is 0 Å². The summed E-state index contributed by atoms with van der Waals surface area (Å²) in [5.41, 5.74) is 0.372. The molecule has 188 valence electrons. The van der Waals surface area contributed by atoms with Crippen molar-refractivity contribution >= 4 is 46.3 Å². The van der Waals surface area contributed by atoms with Gasteiger partial charge in [0.15, 0.2) is 11.5 Å². The number of hydrogen-bond donors (Lipinski definition) is 1. The summed E-state index contributed by atoms with van der Waals surface area (Å²) in [5, 5.41) is 14.6. The van der Waals surface area contributed by atoms with E-state index in [1.165, 1.54) is 43.3 Å². The molecule has 37 heavy (non-hydrogen) atoms. The number of rotatable bonds is 9. The van der Waals surface area contributed by atoms with Crippen LogP contribution < -0.4 is 14.8 Å². The highest BCUT2D eigenvalue weighted by atomic mass is 35.5. The number of hydrogen-bond acceptors (Lipinski definition) is 7. The fourth-order valence-electron chi connectivity index (χ4n) is 3.22. The molecular formula is C26H18Cl2N2O7. The third-order valence-electron chi connectivity index (χ3n) is 5.01. The van der Waals surface area contributed by atoms with Crippen molar-refractivity contribution in [2.45, 2.75) is 13.5 Å². The number of carbonyl (C=O) groups excluding carboxylic acids is 2. The van der Waals surface area contributed by atoms with Gasteiger partial charge in [0.2, 0.25) is 0 Å². The summed E-state index contributed by atoms with van der Waals surface area (Å²) in [6, 6.07) is 18.0. The number of nitrogens with zero attached hydrogens (tertiary/aromatic N) is 1. The number of nitrogens with one attached hydrogen (secondary N) is 1. The lowest BCUT2D eigenvalue weighted by Crippen LogP contribution is -2.11. The second-order valence-corrected chi connectivity index (χ2v) is 8.58. The van der Waals surface area contributed by atoms with E-state index >= 15 is 0 Å². The minimum Gasteiger partial charge on any atom is -0.486 e. The van der Waals surface area contributed by atoms with Gasteiger partial charge in [0.05, 0.1) is 21.7 Å². The number of furan rings is 1. The van der Waals surface area contributed by atoms with Crippen molar-refractivity contribution < 1.29 is 28.4 Å². The molecule has 0 unspecified atom stereocenters. The van der Waals surface area contributed by atoms with Crippen molar-refractivity contribution in [2.75, 3.05) is 5.32 Å². The Hall–Kier alpha value is -4.34. The van der Waals surface area contributed by atoms with Crippen LogP contribution in [0.3, 0.4) is 0 Å². The summed E-state index contributed by atoms with van der Waals surface area (Å²) in [7, 11) is 0. The van der Waals surface area contributed by atoms with Gasteiger partial charge in [-0.1, -0.05) is 23.2 Å². The van der Waals surface area contributed by atoms with Gasteiger partial charge in [-0.15, -0.1) is 0 Å². The molecule has 1 amide bonds. The van der Waals surface area contributed by atoms with Crippen LogP contribution in [0, 0.1) is 10.1 Å². The molecule has 4 aromatic rings. The summed E-state index contributed by atoms with van der Waals surface area (Å²) >= 11 is 12.0. The van der Waals surface area contributed by atoms with Gasteiger partial charge >= 0.3 is 0 Å². The van der Waals surface area contributed by atoms with Crippen LogP contribution >= 0.6 is 23.2 Å². The number of ketones is 1. The van der Waals surface area contributed by atoms with Crippen molar-refractivity contribution in [3.05, 3.63) is 110 Å². The van der Waals surface area contributed by atoms with E-state index in [9.17, 15) is 19.7 Å². The van der Waals surface area contributed by atoms with E-state index in [2.05, 4.69) is 5.32 Å². The van der Waals surface area contributed by atoms with Gasteiger partial charge in [-0.05, 0) is 61.5 Å². The molecule has 0 aliphatic rings. The smallest absolute Gasteiger partial charge is 0.291 e. The third-order valence-corrected chi connectivity index (χ3v) is 5.54. The lowest BCUT2D eigenvalue weighted by molar-refractivity contribution is -0.384. The molecule has 0 aliphatic heterocycles. The van der Waals surface area contributed by atoms with E-state index in [4.69, 9.17) is 37.1 Å². The lowest BCUT2D eigenvalue weighted by atomic mass is 10.1. The molecule has 1 aromatic heterocycles. The first-order chi connectivity index (χ1) is 17.7. The Kier molecular flexibility index (Phi) is 7.76. The Labute approximate surface area is 220 Å². The van der Waals surface area contributed by atoms with Crippen molar-refractivity contribution in [1.29, 1.82) is 0 Å². The van der Waals surface area contributed by atoms with Crippen LogP contribution in [0.4, 0.5) is 11.4 Å². The standard InChI is InChI=1S/C26H18Cl2N2O7/c1-15(31)16-2-5-20(6-3-16)35-14-21-7-9-25(36-21)26(32)29-18-11-19(30(33)34)13-22(12-18)37-24-8-4-17(27)10-23(24)28/h2-13H,14H2,1H3,(H,29,32). The number of amides is 1. The van der Waals surface area contributed by atoms with Crippen molar-refractivity contribution in [2.24, 2.45) is 0 Å². The number of carbonyl (C=O) groups is 2. The van der Waals surface area contributed by atoms with E-state index in [0.717, 1.165) is 0 Å². The Morgan fingerprint density at radius 1 is 0.973 bits per heavy atom. The fraction of sp³-hybridized carbons (Fsp3) is 0.0769. The highest BCUT2D eigenvalue weighted by molar-refractivity contribution is 6.35. The normalized spacial score (nSPS) is 10.6. The lowest BCUT2D eigenvalue weighted by Gasteiger charge is -2.10. The number of nitro benzene ring substituents is 1. The highest BCUT2D eigenvalue weighted by Gasteiger charge is 2.17. The largest absolute Gasteiger partial charge is 0.486 e. The van der Waals surface area contributed by atoms with E-state index in [1.54, 1.807) is 36.4 Å². The van der Waals surface area contributed by atoms with Crippen LogP contribution in [0.1, 0.15) is 33.6 Å².